The maximum Gasteiger partial charge on any atom is 0.253 e. The summed E-state index contributed by atoms with van der Waals surface area (Å²) in [6, 6.07) is 1.83. The van der Waals surface area contributed by atoms with Gasteiger partial charge in [0.05, 0.1) is 10.6 Å². The first-order valence-corrected chi connectivity index (χ1v) is 5.17. The molecule has 3 N–H and O–H groups in total. The van der Waals surface area contributed by atoms with Crippen LogP contribution < -0.4 is 11.1 Å². The first-order valence-electron chi connectivity index (χ1n) is 4.80. The van der Waals surface area contributed by atoms with E-state index in [4.69, 9.17) is 17.3 Å². The Bertz CT molecular complexity index is 408. The normalized spacial score (nSPS) is 23.6. The van der Waals surface area contributed by atoms with E-state index in [1.807, 2.05) is 0 Å². The summed E-state index contributed by atoms with van der Waals surface area (Å²) in [6.07, 6.45) is 2.48. The number of rotatable bonds is 2. The lowest BCUT2D eigenvalue weighted by Crippen LogP contribution is -2.26. The molecule has 4 nitrogen and oxygen atoms in total. The molecule has 15 heavy (non-hydrogen) atoms. The summed E-state index contributed by atoms with van der Waals surface area (Å²) >= 11 is 5.77. The lowest BCUT2D eigenvalue weighted by molar-refractivity contribution is 0.0949. The van der Waals surface area contributed by atoms with Gasteiger partial charge < -0.3 is 11.1 Å². The highest BCUT2D eigenvalue weighted by Crippen LogP contribution is 2.29. The fourth-order valence-electron chi connectivity index (χ4n) is 1.35. The Morgan fingerprint density at radius 1 is 1.73 bits per heavy atom. The molecule has 0 aliphatic heterocycles. The van der Waals surface area contributed by atoms with Gasteiger partial charge in [-0.25, -0.2) is 4.98 Å². The van der Waals surface area contributed by atoms with E-state index < -0.39 is 0 Å². The zero-order chi connectivity index (χ0) is 11.0. The molecule has 2 rings (SSSR count). The number of aromatic nitrogens is 1. The number of amides is 1. The summed E-state index contributed by atoms with van der Waals surface area (Å²) in [6.45, 7) is 2.10. The summed E-state index contributed by atoms with van der Waals surface area (Å²) in [5.41, 5.74) is 5.90. The smallest absolute Gasteiger partial charge is 0.253 e. The van der Waals surface area contributed by atoms with Crippen LogP contribution >= 0.6 is 11.6 Å². The second-order valence-corrected chi connectivity index (χ2v) is 4.29. The number of carbonyl (C=O) groups is 1. The molecular weight excluding hydrogens is 214 g/mol. The average molecular weight is 226 g/mol. The minimum atomic E-state index is -0.140. The summed E-state index contributed by atoms with van der Waals surface area (Å²) in [7, 11) is 0. The van der Waals surface area contributed by atoms with Gasteiger partial charge in [0.25, 0.3) is 5.91 Å². The van der Waals surface area contributed by atoms with Gasteiger partial charge >= 0.3 is 0 Å². The predicted octanol–water partition coefficient (Wildman–Crippen LogP) is 1.46. The minimum Gasteiger partial charge on any atom is -0.382 e. The fraction of sp³-hybridized carbons (Fsp3) is 0.400. The van der Waals surface area contributed by atoms with Gasteiger partial charge in [-0.15, -0.1) is 0 Å². The molecule has 1 aromatic rings. The minimum absolute atomic E-state index is 0.140. The monoisotopic (exact) mass is 225 g/mol. The zero-order valence-corrected chi connectivity index (χ0v) is 9.08. The Hall–Kier alpha value is -1.29. The van der Waals surface area contributed by atoms with Crippen LogP contribution in [0.15, 0.2) is 12.3 Å². The number of nitrogens with one attached hydrogen (secondary N) is 1. The zero-order valence-electron chi connectivity index (χ0n) is 8.33. The molecule has 0 bridgehead atoms. The Morgan fingerprint density at radius 2 is 2.40 bits per heavy atom. The number of halogens is 1. The van der Waals surface area contributed by atoms with Gasteiger partial charge in [0, 0.05) is 12.2 Å². The number of hydrogen-bond acceptors (Lipinski definition) is 3. The van der Waals surface area contributed by atoms with Gasteiger partial charge in [0.2, 0.25) is 0 Å². The molecule has 1 aromatic heterocycles. The molecule has 1 heterocycles. The van der Waals surface area contributed by atoms with Crippen LogP contribution in [0.5, 0.6) is 0 Å². The van der Waals surface area contributed by atoms with E-state index in [9.17, 15) is 4.79 Å². The second-order valence-electron chi connectivity index (χ2n) is 3.88. The number of carbonyl (C=O) groups excluding carboxylic acids is 1. The summed E-state index contributed by atoms with van der Waals surface area (Å²) in [4.78, 5) is 15.5. The van der Waals surface area contributed by atoms with E-state index in [0.29, 0.717) is 22.5 Å². The van der Waals surface area contributed by atoms with Crippen LogP contribution in [0, 0.1) is 5.92 Å². The standard InChI is InChI=1S/C10H12ClN3O/c1-5-2-8(5)14-10(15)6-3-7(11)9(12)13-4-6/h3-5,8H,2H2,1H3,(H2,12,13)(H,14,15). The fourth-order valence-corrected chi connectivity index (χ4v) is 1.51. The van der Waals surface area contributed by atoms with Crippen molar-refractivity contribution in [3.05, 3.63) is 22.8 Å². The van der Waals surface area contributed by atoms with E-state index in [-0.39, 0.29) is 11.7 Å². The highest BCUT2D eigenvalue weighted by Gasteiger charge is 2.34. The van der Waals surface area contributed by atoms with Crippen LogP contribution in [0.25, 0.3) is 0 Å². The molecule has 2 unspecified atom stereocenters. The van der Waals surface area contributed by atoms with Crippen LogP contribution in [-0.2, 0) is 0 Å². The molecule has 0 aromatic carbocycles. The van der Waals surface area contributed by atoms with Crippen molar-refractivity contribution < 1.29 is 4.79 Å². The number of anilines is 1. The van der Waals surface area contributed by atoms with Crippen molar-refractivity contribution in [3.8, 4) is 0 Å². The molecule has 0 saturated heterocycles. The molecule has 1 aliphatic rings. The third kappa shape index (κ3) is 2.21. The number of nitrogens with zero attached hydrogens (tertiary/aromatic N) is 1. The van der Waals surface area contributed by atoms with E-state index in [1.54, 1.807) is 0 Å². The SMILES string of the molecule is CC1CC1NC(=O)c1cnc(N)c(Cl)c1. The largest absolute Gasteiger partial charge is 0.382 e. The Balaban J connectivity index is 2.08. The van der Waals surface area contributed by atoms with E-state index in [2.05, 4.69) is 17.2 Å². The van der Waals surface area contributed by atoms with Crippen LogP contribution in [-0.4, -0.2) is 16.9 Å². The van der Waals surface area contributed by atoms with Crippen molar-refractivity contribution in [1.29, 1.82) is 0 Å². The van der Waals surface area contributed by atoms with Crippen LogP contribution in [0.1, 0.15) is 23.7 Å². The van der Waals surface area contributed by atoms with Crippen LogP contribution in [0.4, 0.5) is 5.82 Å². The predicted molar refractivity (Wildman–Crippen MR) is 58.7 cm³/mol. The first kappa shape index (κ1) is 10.2. The molecule has 1 fully saturated rings. The Kier molecular flexibility index (Phi) is 2.52. The van der Waals surface area contributed by atoms with Crippen molar-refractivity contribution in [2.75, 3.05) is 5.73 Å². The number of nitrogen functional groups attached to an aromatic ring is 1. The first-order chi connectivity index (χ1) is 7.08. The number of pyridine rings is 1. The molecular formula is C10H12ClN3O. The lowest BCUT2D eigenvalue weighted by Gasteiger charge is -2.04. The van der Waals surface area contributed by atoms with Gasteiger partial charge in [0.1, 0.15) is 5.82 Å². The van der Waals surface area contributed by atoms with Crippen LogP contribution in [0.2, 0.25) is 5.02 Å². The van der Waals surface area contributed by atoms with Gasteiger partial charge in [-0.3, -0.25) is 4.79 Å². The molecule has 1 aliphatic carbocycles. The third-order valence-electron chi connectivity index (χ3n) is 2.56. The van der Waals surface area contributed by atoms with Crippen molar-refractivity contribution in [1.82, 2.24) is 10.3 Å². The molecule has 1 amide bonds. The van der Waals surface area contributed by atoms with Crippen molar-refractivity contribution in [2.45, 2.75) is 19.4 Å². The van der Waals surface area contributed by atoms with E-state index in [1.165, 1.54) is 12.3 Å². The maximum absolute atomic E-state index is 11.7. The lowest BCUT2D eigenvalue weighted by atomic mass is 10.2. The molecule has 0 spiro atoms. The average Bonchev–Trinajstić information content (AvgIpc) is 2.86. The number of nitrogens with two attached hydrogens (primary N) is 1. The van der Waals surface area contributed by atoms with Gasteiger partial charge in [0.15, 0.2) is 0 Å². The Labute approximate surface area is 92.8 Å². The topological polar surface area (TPSA) is 68.0 Å². The van der Waals surface area contributed by atoms with Gasteiger partial charge in [-0.2, -0.15) is 0 Å². The highest BCUT2D eigenvalue weighted by atomic mass is 35.5. The van der Waals surface area contributed by atoms with Crippen LogP contribution in [0.3, 0.4) is 0 Å². The maximum atomic E-state index is 11.7. The quantitative estimate of drug-likeness (QED) is 0.801. The second kappa shape index (κ2) is 3.70. The summed E-state index contributed by atoms with van der Waals surface area (Å²) in [5.74, 6) is 0.679. The van der Waals surface area contributed by atoms with E-state index >= 15 is 0 Å². The van der Waals surface area contributed by atoms with Gasteiger partial charge in [-0.1, -0.05) is 18.5 Å². The molecule has 1 saturated carbocycles. The molecule has 2 atom stereocenters. The van der Waals surface area contributed by atoms with Crippen molar-refractivity contribution in [3.63, 3.8) is 0 Å². The van der Waals surface area contributed by atoms with Crippen molar-refractivity contribution in [2.24, 2.45) is 5.92 Å². The molecule has 0 radical (unpaired) electrons. The van der Waals surface area contributed by atoms with Crippen molar-refractivity contribution >= 4 is 23.3 Å². The van der Waals surface area contributed by atoms with Gasteiger partial charge in [-0.05, 0) is 18.4 Å². The van der Waals surface area contributed by atoms with E-state index in [0.717, 1.165) is 6.42 Å². The summed E-state index contributed by atoms with van der Waals surface area (Å²) < 4.78 is 0. The summed E-state index contributed by atoms with van der Waals surface area (Å²) in [5, 5.41) is 3.20. The number of hydrogen-bond donors (Lipinski definition) is 2. The molecule has 5 heteroatoms. The third-order valence-corrected chi connectivity index (χ3v) is 2.86. The molecule has 80 valence electrons. The highest BCUT2D eigenvalue weighted by molar-refractivity contribution is 6.33. The Morgan fingerprint density at radius 3 is 2.93 bits per heavy atom.